The van der Waals surface area contributed by atoms with Crippen LogP contribution in [-0.2, 0) is 11.3 Å². The van der Waals surface area contributed by atoms with Gasteiger partial charge in [0, 0.05) is 42.7 Å². The maximum Gasteiger partial charge on any atom is 0.255 e. The number of carbonyl (C=O) groups excluding carboxylic acids is 2. The van der Waals surface area contributed by atoms with Crippen molar-refractivity contribution in [1.29, 1.82) is 0 Å². The second-order valence-corrected chi connectivity index (χ2v) is 8.77. The van der Waals surface area contributed by atoms with Crippen molar-refractivity contribution in [2.45, 2.75) is 46.1 Å². The molecule has 1 fully saturated rings. The second kappa shape index (κ2) is 9.55. The molecule has 1 aliphatic heterocycles. The lowest BCUT2D eigenvalue weighted by Crippen LogP contribution is -2.40. The SMILES string of the molecule is Cc1[nH]c2c(C(=O)N3CCC[C@@H](CCC(=O)NCc4ccccc4F)C3)cccc2c1C. The molecule has 1 atom stereocenters. The summed E-state index contributed by atoms with van der Waals surface area (Å²) in [6.45, 7) is 5.69. The largest absolute Gasteiger partial charge is 0.358 e. The summed E-state index contributed by atoms with van der Waals surface area (Å²) in [5.41, 5.74) is 4.36. The summed E-state index contributed by atoms with van der Waals surface area (Å²) < 4.78 is 13.7. The summed E-state index contributed by atoms with van der Waals surface area (Å²) in [6, 6.07) is 12.3. The van der Waals surface area contributed by atoms with E-state index < -0.39 is 0 Å². The second-order valence-electron chi connectivity index (χ2n) is 8.77. The van der Waals surface area contributed by atoms with Gasteiger partial charge in [0.1, 0.15) is 5.82 Å². The molecule has 0 unspecified atom stereocenters. The van der Waals surface area contributed by atoms with Crippen molar-refractivity contribution in [3.05, 3.63) is 70.7 Å². The van der Waals surface area contributed by atoms with Gasteiger partial charge in [-0.3, -0.25) is 9.59 Å². The Morgan fingerprint density at radius 1 is 1.16 bits per heavy atom. The first-order chi connectivity index (χ1) is 15.4. The fourth-order valence-corrected chi connectivity index (χ4v) is 4.58. The van der Waals surface area contributed by atoms with E-state index in [0.717, 1.165) is 42.4 Å². The van der Waals surface area contributed by atoms with E-state index in [-0.39, 0.29) is 24.2 Å². The molecular formula is C26H30FN3O2. The number of H-pyrrole nitrogens is 1. The zero-order chi connectivity index (χ0) is 22.7. The van der Waals surface area contributed by atoms with E-state index in [4.69, 9.17) is 0 Å². The molecule has 0 aliphatic carbocycles. The number of nitrogens with one attached hydrogen (secondary N) is 2. The Bertz CT molecular complexity index is 1140. The van der Waals surface area contributed by atoms with Crippen LogP contribution in [0.4, 0.5) is 4.39 Å². The van der Waals surface area contributed by atoms with Crippen LogP contribution < -0.4 is 5.32 Å². The smallest absolute Gasteiger partial charge is 0.255 e. The van der Waals surface area contributed by atoms with Gasteiger partial charge >= 0.3 is 0 Å². The van der Waals surface area contributed by atoms with Crippen LogP contribution in [0.3, 0.4) is 0 Å². The van der Waals surface area contributed by atoms with Crippen LogP contribution >= 0.6 is 0 Å². The Hall–Kier alpha value is -3.15. The lowest BCUT2D eigenvalue weighted by atomic mass is 9.92. The summed E-state index contributed by atoms with van der Waals surface area (Å²) in [5.74, 6) is -0.0562. The quantitative estimate of drug-likeness (QED) is 0.580. The number of nitrogens with zero attached hydrogens (tertiary/aromatic N) is 1. The van der Waals surface area contributed by atoms with E-state index in [2.05, 4.69) is 17.2 Å². The van der Waals surface area contributed by atoms with Gasteiger partial charge < -0.3 is 15.2 Å². The van der Waals surface area contributed by atoms with Crippen molar-refractivity contribution in [2.75, 3.05) is 13.1 Å². The van der Waals surface area contributed by atoms with Gasteiger partial charge in [-0.25, -0.2) is 4.39 Å². The minimum atomic E-state index is -0.309. The van der Waals surface area contributed by atoms with E-state index in [1.54, 1.807) is 18.2 Å². The van der Waals surface area contributed by atoms with E-state index in [1.807, 2.05) is 30.0 Å². The molecule has 0 spiro atoms. The zero-order valence-corrected chi connectivity index (χ0v) is 18.7. The van der Waals surface area contributed by atoms with Crippen LogP contribution in [0.5, 0.6) is 0 Å². The highest BCUT2D eigenvalue weighted by Gasteiger charge is 2.26. The molecular weight excluding hydrogens is 405 g/mol. The lowest BCUT2D eigenvalue weighted by Gasteiger charge is -2.33. The van der Waals surface area contributed by atoms with Gasteiger partial charge in [-0.05, 0) is 56.7 Å². The average Bonchev–Trinajstić information content (AvgIpc) is 3.10. The predicted octanol–water partition coefficient (Wildman–Crippen LogP) is 4.87. The number of aryl methyl sites for hydroxylation is 2. The predicted molar refractivity (Wildman–Crippen MR) is 124 cm³/mol. The Labute approximate surface area is 188 Å². The molecule has 5 nitrogen and oxygen atoms in total. The van der Waals surface area contributed by atoms with Crippen LogP contribution in [0.25, 0.3) is 10.9 Å². The Morgan fingerprint density at radius 2 is 1.97 bits per heavy atom. The maximum atomic E-state index is 13.7. The molecule has 32 heavy (non-hydrogen) atoms. The standard InChI is InChI=1S/C26H30FN3O2/c1-17-18(2)29-25-21(17)9-5-10-22(25)26(32)30-14-6-7-19(16-30)12-13-24(31)28-15-20-8-3-4-11-23(20)27/h3-5,8-11,19,29H,6-7,12-16H2,1-2H3,(H,28,31)/t19-/m0/s1. The minimum absolute atomic E-state index is 0.0468. The molecule has 0 saturated carbocycles. The van der Waals surface area contributed by atoms with Gasteiger partial charge in [0.2, 0.25) is 5.91 Å². The van der Waals surface area contributed by atoms with Crippen LogP contribution in [0.2, 0.25) is 0 Å². The van der Waals surface area contributed by atoms with E-state index >= 15 is 0 Å². The molecule has 0 bridgehead atoms. The Balaban J connectivity index is 1.33. The van der Waals surface area contributed by atoms with Gasteiger partial charge in [-0.15, -0.1) is 0 Å². The normalized spacial score (nSPS) is 16.3. The van der Waals surface area contributed by atoms with Gasteiger partial charge in [0.25, 0.3) is 5.91 Å². The monoisotopic (exact) mass is 435 g/mol. The minimum Gasteiger partial charge on any atom is -0.358 e. The van der Waals surface area contributed by atoms with Crippen molar-refractivity contribution >= 4 is 22.7 Å². The maximum absolute atomic E-state index is 13.7. The molecule has 168 valence electrons. The molecule has 2 aromatic carbocycles. The number of fused-ring (bicyclic) bond motifs is 1. The van der Waals surface area contributed by atoms with Crippen molar-refractivity contribution in [3.8, 4) is 0 Å². The number of para-hydroxylation sites is 1. The van der Waals surface area contributed by atoms with E-state index in [9.17, 15) is 14.0 Å². The number of rotatable bonds is 6. The molecule has 2 amide bonds. The summed E-state index contributed by atoms with van der Waals surface area (Å²) in [7, 11) is 0. The number of carbonyl (C=O) groups is 2. The molecule has 0 radical (unpaired) electrons. The topological polar surface area (TPSA) is 65.2 Å². The zero-order valence-electron chi connectivity index (χ0n) is 18.7. The lowest BCUT2D eigenvalue weighted by molar-refractivity contribution is -0.121. The molecule has 6 heteroatoms. The first-order valence-corrected chi connectivity index (χ1v) is 11.3. The average molecular weight is 436 g/mol. The van der Waals surface area contributed by atoms with Crippen LogP contribution in [0, 0.1) is 25.6 Å². The van der Waals surface area contributed by atoms with E-state index in [0.29, 0.717) is 30.0 Å². The number of aromatic nitrogens is 1. The third-order valence-electron chi connectivity index (χ3n) is 6.59. The highest BCUT2D eigenvalue weighted by atomic mass is 19.1. The van der Waals surface area contributed by atoms with Crippen LogP contribution in [-0.4, -0.2) is 34.8 Å². The summed E-state index contributed by atoms with van der Waals surface area (Å²) in [5, 5.41) is 3.89. The Kier molecular flexibility index (Phi) is 6.58. The summed E-state index contributed by atoms with van der Waals surface area (Å²) >= 11 is 0. The van der Waals surface area contributed by atoms with Crippen molar-refractivity contribution in [3.63, 3.8) is 0 Å². The van der Waals surface area contributed by atoms with E-state index in [1.165, 1.54) is 11.6 Å². The Morgan fingerprint density at radius 3 is 2.78 bits per heavy atom. The van der Waals surface area contributed by atoms with Gasteiger partial charge in [-0.2, -0.15) is 0 Å². The summed E-state index contributed by atoms with van der Waals surface area (Å²) in [4.78, 5) is 30.9. The third kappa shape index (κ3) is 4.69. The third-order valence-corrected chi connectivity index (χ3v) is 6.59. The molecule has 1 saturated heterocycles. The molecule has 1 aromatic heterocycles. The number of benzene rings is 2. The van der Waals surface area contributed by atoms with Crippen molar-refractivity contribution in [1.82, 2.24) is 15.2 Å². The van der Waals surface area contributed by atoms with Gasteiger partial charge in [0.05, 0.1) is 11.1 Å². The fourth-order valence-electron chi connectivity index (χ4n) is 4.58. The number of hydrogen-bond donors (Lipinski definition) is 2. The summed E-state index contributed by atoms with van der Waals surface area (Å²) in [6.07, 6.45) is 3.05. The van der Waals surface area contributed by atoms with Crippen molar-refractivity contribution in [2.24, 2.45) is 5.92 Å². The first-order valence-electron chi connectivity index (χ1n) is 11.3. The van der Waals surface area contributed by atoms with Gasteiger partial charge in [-0.1, -0.05) is 30.3 Å². The molecule has 2 N–H and O–H groups in total. The number of amides is 2. The van der Waals surface area contributed by atoms with Crippen LogP contribution in [0.15, 0.2) is 42.5 Å². The highest BCUT2D eigenvalue weighted by Crippen LogP contribution is 2.27. The number of likely N-dealkylation sites (tertiary alicyclic amines) is 1. The molecule has 2 heterocycles. The number of halogens is 1. The molecule has 3 aromatic rings. The van der Waals surface area contributed by atoms with Crippen molar-refractivity contribution < 1.29 is 14.0 Å². The number of hydrogen-bond acceptors (Lipinski definition) is 2. The number of aromatic amines is 1. The number of piperidine rings is 1. The van der Waals surface area contributed by atoms with Gasteiger partial charge in [0.15, 0.2) is 0 Å². The molecule has 4 rings (SSSR count). The van der Waals surface area contributed by atoms with Crippen LogP contribution in [0.1, 0.15) is 52.9 Å². The molecule has 1 aliphatic rings. The fraction of sp³-hybridized carbons (Fsp3) is 0.385. The first kappa shape index (κ1) is 22.1. The highest BCUT2D eigenvalue weighted by molar-refractivity contribution is 6.06.